The summed E-state index contributed by atoms with van der Waals surface area (Å²) >= 11 is 5.92. The van der Waals surface area contributed by atoms with Crippen LogP contribution < -0.4 is 0 Å². The fourth-order valence-corrected chi connectivity index (χ4v) is 2.05. The molecule has 0 fully saturated rings. The zero-order valence-electron chi connectivity index (χ0n) is 12.6. The molecule has 0 aromatic carbocycles. The Morgan fingerprint density at radius 2 is 2.32 bits per heavy atom. The summed E-state index contributed by atoms with van der Waals surface area (Å²) in [4.78, 5) is 21.8. The van der Waals surface area contributed by atoms with Gasteiger partial charge in [0.05, 0.1) is 12.1 Å². The van der Waals surface area contributed by atoms with Crippen molar-refractivity contribution in [1.29, 1.82) is 0 Å². The molecule has 0 aliphatic rings. The summed E-state index contributed by atoms with van der Waals surface area (Å²) in [6.45, 7) is 4.46. The molecule has 0 spiro atoms. The molecule has 1 amide bonds. The van der Waals surface area contributed by atoms with Crippen molar-refractivity contribution in [3.05, 3.63) is 40.8 Å². The maximum Gasteiger partial charge on any atom is 0.257 e. The van der Waals surface area contributed by atoms with Crippen LogP contribution in [0.4, 0.5) is 0 Å². The highest BCUT2D eigenvalue weighted by atomic mass is 35.5. The van der Waals surface area contributed by atoms with E-state index in [1.165, 1.54) is 11.1 Å². The molecule has 0 bridgehead atoms. The molecule has 2 aromatic rings. The van der Waals surface area contributed by atoms with E-state index in [0.717, 1.165) is 0 Å². The minimum atomic E-state index is -0.268. The van der Waals surface area contributed by atoms with Crippen molar-refractivity contribution in [2.75, 3.05) is 13.7 Å². The summed E-state index contributed by atoms with van der Waals surface area (Å²) in [5, 5.41) is 4.01. The molecule has 2 rings (SSSR count). The first-order chi connectivity index (χ1) is 10.5. The molecule has 118 valence electrons. The lowest BCUT2D eigenvalue weighted by molar-refractivity contribution is 0.0682. The predicted molar refractivity (Wildman–Crippen MR) is 79.4 cm³/mol. The number of hydrogen-bond acceptors (Lipinski definition) is 6. The molecule has 0 N–H and O–H groups in total. The van der Waals surface area contributed by atoms with E-state index < -0.39 is 0 Å². The first kappa shape index (κ1) is 16.4. The molecule has 0 aliphatic heterocycles. The molecular weight excluding hydrogens is 308 g/mol. The molecule has 8 heteroatoms. The summed E-state index contributed by atoms with van der Waals surface area (Å²) in [5.74, 6) is 0.519. The third-order valence-corrected chi connectivity index (χ3v) is 3.27. The number of rotatable bonds is 6. The van der Waals surface area contributed by atoms with E-state index >= 15 is 0 Å². The fraction of sp³-hybridized carbons (Fsp3) is 0.429. The van der Waals surface area contributed by atoms with E-state index in [0.29, 0.717) is 23.9 Å². The van der Waals surface area contributed by atoms with Gasteiger partial charge in [0.2, 0.25) is 5.89 Å². The average molecular weight is 325 g/mol. The number of aromatic nitrogens is 3. The Morgan fingerprint density at radius 3 is 3.00 bits per heavy atom. The molecule has 0 saturated carbocycles. The van der Waals surface area contributed by atoms with Crippen molar-refractivity contribution < 1.29 is 14.1 Å². The number of hydrogen-bond donors (Lipinski definition) is 0. The minimum Gasteiger partial charge on any atom is -0.371 e. The van der Waals surface area contributed by atoms with Crippen molar-refractivity contribution >= 4 is 17.5 Å². The second-order valence-electron chi connectivity index (χ2n) is 4.65. The van der Waals surface area contributed by atoms with Gasteiger partial charge in [-0.3, -0.25) is 4.79 Å². The summed E-state index contributed by atoms with van der Waals surface area (Å²) < 4.78 is 10.5. The van der Waals surface area contributed by atoms with Gasteiger partial charge in [-0.2, -0.15) is 4.98 Å². The van der Waals surface area contributed by atoms with Crippen LogP contribution in [0.3, 0.4) is 0 Å². The van der Waals surface area contributed by atoms with Crippen molar-refractivity contribution in [2.24, 2.45) is 0 Å². The Labute approximate surface area is 133 Å². The molecule has 22 heavy (non-hydrogen) atoms. The van der Waals surface area contributed by atoms with Crippen LogP contribution in [0, 0.1) is 0 Å². The highest BCUT2D eigenvalue weighted by Crippen LogP contribution is 2.16. The molecule has 7 nitrogen and oxygen atoms in total. The standard InChI is InChI=1S/C14H17ClN4O3/c1-4-21-9(2)13-17-11(22-18-13)8-19(3)14(20)10-6-5-7-16-12(10)15/h5-7,9H,4,8H2,1-3H3/t9-/m1/s1. The highest BCUT2D eigenvalue weighted by molar-refractivity contribution is 6.32. The zero-order chi connectivity index (χ0) is 16.1. The van der Waals surface area contributed by atoms with Gasteiger partial charge in [-0.25, -0.2) is 4.98 Å². The molecule has 0 unspecified atom stereocenters. The van der Waals surface area contributed by atoms with Crippen LogP contribution in [-0.2, 0) is 11.3 Å². The molecular formula is C14H17ClN4O3. The number of carbonyl (C=O) groups is 1. The summed E-state index contributed by atoms with van der Waals surface area (Å²) in [7, 11) is 1.63. The second kappa shape index (κ2) is 7.33. The van der Waals surface area contributed by atoms with Crippen LogP contribution in [0.15, 0.2) is 22.9 Å². The minimum absolute atomic E-state index is 0.163. The van der Waals surface area contributed by atoms with Gasteiger partial charge in [0, 0.05) is 19.9 Å². The second-order valence-corrected chi connectivity index (χ2v) is 5.00. The van der Waals surface area contributed by atoms with E-state index in [4.69, 9.17) is 20.9 Å². The molecule has 0 saturated heterocycles. The van der Waals surface area contributed by atoms with Gasteiger partial charge in [-0.05, 0) is 26.0 Å². The van der Waals surface area contributed by atoms with Gasteiger partial charge in [0.25, 0.3) is 5.91 Å². The molecule has 0 aliphatic carbocycles. The quantitative estimate of drug-likeness (QED) is 0.759. The van der Waals surface area contributed by atoms with Gasteiger partial charge in [0.1, 0.15) is 11.3 Å². The van der Waals surface area contributed by atoms with Gasteiger partial charge in [-0.15, -0.1) is 0 Å². The Balaban J connectivity index is 2.04. The third kappa shape index (κ3) is 3.80. The van der Waals surface area contributed by atoms with E-state index in [9.17, 15) is 4.79 Å². The summed E-state index contributed by atoms with van der Waals surface area (Å²) in [5.41, 5.74) is 0.328. The number of amides is 1. The first-order valence-corrected chi connectivity index (χ1v) is 7.20. The Hall–Kier alpha value is -1.99. The van der Waals surface area contributed by atoms with Crippen molar-refractivity contribution in [1.82, 2.24) is 20.0 Å². The van der Waals surface area contributed by atoms with Gasteiger partial charge >= 0.3 is 0 Å². The van der Waals surface area contributed by atoms with Crippen molar-refractivity contribution in [2.45, 2.75) is 26.5 Å². The molecule has 2 heterocycles. The van der Waals surface area contributed by atoms with Crippen molar-refractivity contribution in [3.63, 3.8) is 0 Å². The normalized spacial score (nSPS) is 12.2. The number of pyridine rings is 1. The topological polar surface area (TPSA) is 81.4 Å². The van der Waals surface area contributed by atoms with Gasteiger partial charge in [0.15, 0.2) is 5.82 Å². The van der Waals surface area contributed by atoms with Crippen LogP contribution in [0.25, 0.3) is 0 Å². The van der Waals surface area contributed by atoms with E-state index in [1.807, 2.05) is 13.8 Å². The van der Waals surface area contributed by atoms with Crippen LogP contribution in [0.2, 0.25) is 5.15 Å². The lowest BCUT2D eigenvalue weighted by Crippen LogP contribution is -2.26. The monoisotopic (exact) mass is 324 g/mol. The fourth-order valence-electron chi connectivity index (χ4n) is 1.85. The zero-order valence-corrected chi connectivity index (χ0v) is 13.4. The highest BCUT2D eigenvalue weighted by Gasteiger charge is 2.19. The van der Waals surface area contributed by atoms with E-state index in [2.05, 4.69) is 15.1 Å². The predicted octanol–water partition coefficient (Wildman–Crippen LogP) is 2.49. The first-order valence-electron chi connectivity index (χ1n) is 6.83. The van der Waals surface area contributed by atoms with Crippen LogP contribution in [-0.4, -0.2) is 39.6 Å². The van der Waals surface area contributed by atoms with Crippen LogP contribution in [0.1, 0.15) is 42.0 Å². The Morgan fingerprint density at radius 1 is 1.55 bits per heavy atom. The maximum atomic E-state index is 12.3. The smallest absolute Gasteiger partial charge is 0.257 e. The van der Waals surface area contributed by atoms with Crippen LogP contribution in [0.5, 0.6) is 0 Å². The average Bonchev–Trinajstić information content (AvgIpc) is 2.96. The lowest BCUT2D eigenvalue weighted by atomic mass is 10.2. The van der Waals surface area contributed by atoms with Gasteiger partial charge < -0.3 is 14.2 Å². The van der Waals surface area contributed by atoms with Crippen molar-refractivity contribution in [3.8, 4) is 0 Å². The third-order valence-electron chi connectivity index (χ3n) is 2.97. The molecule has 2 aromatic heterocycles. The van der Waals surface area contributed by atoms with Crippen LogP contribution >= 0.6 is 11.6 Å². The van der Waals surface area contributed by atoms with Gasteiger partial charge in [-0.1, -0.05) is 16.8 Å². The summed E-state index contributed by atoms with van der Waals surface area (Å²) in [6.07, 6.45) is 1.27. The van der Waals surface area contributed by atoms with E-state index in [1.54, 1.807) is 19.2 Å². The SMILES string of the molecule is CCO[C@H](C)c1noc(CN(C)C(=O)c2cccnc2Cl)n1. The number of nitrogens with zero attached hydrogens (tertiary/aromatic N) is 4. The Kier molecular flexibility index (Phi) is 5.46. The molecule has 0 radical (unpaired) electrons. The van der Waals surface area contributed by atoms with E-state index in [-0.39, 0.29) is 23.7 Å². The largest absolute Gasteiger partial charge is 0.371 e. The maximum absolute atomic E-state index is 12.3. The Bertz CT molecular complexity index is 647. The number of carbonyl (C=O) groups excluding carboxylic acids is 1. The number of ether oxygens (including phenoxy) is 1. The summed E-state index contributed by atoms with van der Waals surface area (Å²) in [6, 6.07) is 3.27. The lowest BCUT2D eigenvalue weighted by Gasteiger charge is -2.15. The number of halogens is 1. The molecule has 1 atom stereocenters.